The van der Waals surface area contributed by atoms with Gasteiger partial charge in [-0.25, -0.2) is 0 Å². The van der Waals surface area contributed by atoms with Crippen molar-refractivity contribution in [3.8, 4) is 0 Å². The molecular formula is C25H39N5O. The van der Waals surface area contributed by atoms with Gasteiger partial charge in [-0.1, -0.05) is 36.8 Å². The van der Waals surface area contributed by atoms with Crippen LogP contribution in [0.1, 0.15) is 56.4 Å². The number of amides is 1. The van der Waals surface area contributed by atoms with Crippen molar-refractivity contribution < 1.29 is 4.79 Å². The molecule has 3 fully saturated rings. The molecule has 2 aliphatic carbocycles. The van der Waals surface area contributed by atoms with Crippen LogP contribution in [0.2, 0.25) is 0 Å². The predicted molar refractivity (Wildman–Crippen MR) is 126 cm³/mol. The van der Waals surface area contributed by atoms with Crippen molar-refractivity contribution in [2.45, 2.75) is 56.9 Å². The summed E-state index contributed by atoms with van der Waals surface area (Å²) in [4.78, 5) is 21.4. The van der Waals surface area contributed by atoms with Crippen molar-refractivity contribution in [1.29, 1.82) is 0 Å². The van der Waals surface area contributed by atoms with Gasteiger partial charge in [0.05, 0.1) is 0 Å². The summed E-state index contributed by atoms with van der Waals surface area (Å²) in [7, 11) is 1.86. The third-order valence-corrected chi connectivity index (χ3v) is 7.42. The molecule has 0 spiro atoms. The van der Waals surface area contributed by atoms with Crippen molar-refractivity contribution >= 4 is 11.9 Å². The first kappa shape index (κ1) is 22.1. The lowest BCUT2D eigenvalue weighted by Crippen LogP contribution is -2.53. The van der Waals surface area contributed by atoms with Crippen LogP contribution in [-0.4, -0.2) is 74.0 Å². The number of guanidine groups is 1. The van der Waals surface area contributed by atoms with E-state index in [1.807, 2.05) is 7.05 Å². The summed E-state index contributed by atoms with van der Waals surface area (Å²) in [6, 6.07) is 11.4. The average molecular weight is 426 g/mol. The number of carbonyl (C=O) groups is 1. The summed E-state index contributed by atoms with van der Waals surface area (Å²) >= 11 is 0. The number of nitrogens with one attached hydrogen (secondary N) is 2. The fourth-order valence-corrected chi connectivity index (χ4v) is 5.12. The molecule has 0 aromatic heterocycles. The van der Waals surface area contributed by atoms with Crippen LogP contribution in [0, 0.1) is 5.92 Å². The first-order valence-electron chi connectivity index (χ1n) is 12.3. The van der Waals surface area contributed by atoms with Crippen molar-refractivity contribution in [3.05, 3.63) is 35.9 Å². The van der Waals surface area contributed by atoms with Crippen molar-refractivity contribution in [2.24, 2.45) is 10.9 Å². The highest BCUT2D eigenvalue weighted by molar-refractivity contribution is 5.80. The van der Waals surface area contributed by atoms with E-state index in [9.17, 15) is 4.79 Å². The predicted octanol–water partition coefficient (Wildman–Crippen LogP) is 2.82. The fraction of sp³-hybridized carbons (Fsp3) is 0.680. The van der Waals surface area contributed by atoms with E-state index in [2.05, 4.69) is 55.8 Å². The zero-order valence-corrected chi connectivity index (χ0v) is 19.1. The molecule has 6 heteroatoms. The lowest BCUT2D eigenvalue weighted by Gasteiger charge is -2.38. The smallest absolute Gasteiger partial charge is 0.225 e. The Morgan fingerprint density at radius 2 is 1.71 bits per heavy atom. The minimum absolute atomic E-state index is 0.324. The van der Waals surface area contributed by atoms with Crippen LogP contribution in [0.5, 0.6) is 0 Å². The number of rotatable bonds is 6. The van der Waals surface area contributed by atoms with Crippen LogP contribution in [0.3, 0.4) is 0 Å². The maximum Gasteiger partial charge on any atom is 0.225 e. The molecule has 1 aromatic rings. The second-order valence-electron chi connectivity index (χ2n) is 9.40. The Morgan fingerprint density at radius 1 is 1.00 bits per heavy atom. The van der Waals surface area contributed by atoms with Crippen LogP contribution in [0.25, 0.3) is 0 Å². The Kier molecular flexibility index (Phi) is 7.84. The highest BCUT2D eigenvalue weighted by atomic mass is 16.2. The van der Waals surface area contributed by atoms with Crippen LogP contribution in [-0.2, 0) is 4.79 Å². The van der Waals surface area contributed by atoms with E-state index in [-0.39, 0.29) is 0 Å². The molecule has 4 rings (SSSR count). The third-order valence-electron chi connectivity index (χ3n) is 7.42. The quantitative estimate of drug-likeness (QED) is 0.544. The summed E-state index contributed by atoms with van der Waals surface area (Å²) in [6.45, 7) is 5.60. The van der Waals surface area contributed by atoms with Crippen LogP contribution in [0.4, 0.5) is 0 Å². The lowest BCUT2D eigenvalue weighted by atomic mass is 9.82. The van der Waals surface area contributed by atoms with E-state index >= 15 is 0 Å². The van der Waals surface area contributed by atoms with Gasteiger partial charge < -0.3 is 15.5 Å². The zero-order valence-electron chi connectivity index (χ0n) is 19.1. The van der Waals surface area contributed by atoms with E-state index in [1.165, 1.54) is 37.7 Å². The lowest BCUT2D eigenvalue weighted by molar-refractivity contribution is -0.139. The van der Waals surface area contributed by atoms with Gasteiger partial charge >= 0.3 is 0 Å². The molecular weight excluding hydrogens is 386 g/mol. The Hall–Kier alpha value is -2.08. The Morgan fingerprint density at radius 3 is 2.32 bits per heavy atom. The minimum atomic E-state index is 0.324. The number of benzene rings is 1. The van der Waals surface area contributed by atoms with E-state index in [0.29, 0.717) is 23.8 Å². The molecule has 0 atom stereocenters. The van der Waals surface area contributed by atoms with E-state index in [1.54, 1.807) is 0 Å². The number of hydrogen-bond acceptors (Lipinski definition) is 3. The standard InChI is InChI=1S/C25H39N5O/c1-26-25(28-23-12-10-21(11-13-23)20-6-3-2-4-7-20)27-14-15-29-16-18-30(19-17-29)24(31)22-8-5-9-22/h2-4,6-7,21-23H,5,8-19H2,1H3,(H2,26,27,28). The third kappa shape index (κ3) is 6.00. The molecule has 1 amide bonds. The van der Waals surface area contributed by atoms with Gasteiger partial charge in [0.15, 0.2) is 5.96 Å². The van der Waals surface area contributed by atoms with Crippen molar-refractivity contribution in [2.75, 3.05) is 46.3 Å². The summed E-state index contributed by atoms with van der Waals surface area (Å²) in [6.07, 6.45) is 8.29. The monoisotopic (exact) mass is 425 g/mol. The van der Waals surface area contributed by atoms with Crippen LogP contribution < -0.4 is 10.6 Å². The molecule has 0 unspecified atom stereocenters. The van der Waals surface area contributed by atoms with Gasteiger partial charge in [-0.05, 0) is 50.0 Å². The van der Waals surface area contributed by atoms with E-state index in [4.69, 9.17) is 0 Å². The molecule has 2 N–H and O–H groups in total. The Bertz CT molecular complexity index is 717. The number of hydrogen-bond donors (Lipinski definition) is 2. The van der Waals surface area contributed by atoms with Crippen molar-refractivity contribution in [1.82, 2.24) is 20.4 Å². The van der Waals surface area contributed by atoms with E-state index in [0.717, 1.165) is 58.1 Å². The van der Waals surface area contributed by atoms with Crippen LogP contribution in [0.15, 0.2) is 35.3 Å². The molecule has 1 saturated heterocycles. The maximum atomic E-state index is 12.4. The van der Waals surface area contributed by atoms with Gasteiger partial charge in [0, 0.05) is 58.3 Å². The molecule has 0 bridgehead atoms. The summed E-state index contributed by atoms with van der Waals surface area (Å²) in [5.74, 6) is 2.34. The first-order valence-corrected chi connectivity index (χ1v) is 12.3. The molecule has 31 heavy (non-hydrogen) atoms. The second kappa shape index (κ2) is 11.0. The Balaban J connectivity index is 1.11. The van der Waals surface area contributed by atoms with Gasteiger partial charge in [-0.15, -0.1) is 0 Å². The second-order valence-corrected chi connectivity index (χ2v) is 9.40. The van der Waals surface area contributed by atoms with Gasteiger partial charge in [-0.3, -0.25) is 14.7 Å². The maximum absolute atomic E-state index is 12.4. The van der Waals surface area contributed by atoms with Crippen LogP contribution >= 0.6 is 0 Å². The fourth-order valence-electron chi connectivity index (χ4n) is 5.12. The largest absolute Gasteiger partial charge is 0.355 e. The van der Waals surface area contributed by atoms with Gasteiger partial charge in [-0.2, -0.15) is 0 Å². The Labute approximate surface area is 187 Å². The topological polar surface area (TPSA) is 60.0 Å². The highest BCUT2D eigenvalue weighted by Crippen LogP contribution is 2.32. The molecule has 1 aliphatic heterocycles. The first-order chi connectivity index (χ1) is 15.2. The average Bonchev–Trinajstić information content (AvgIpc) is 2.78. The molecule has 3 aliphatic rings. The summed E-state index contributed by atoms with van der Waals surface area (Å²) in [5.41, 5.74) is 1.48. The van der Waals surface area contributed by atoms with Crippen molar-refractivity contribution in [3.63, 3.8) is 0 Å². The molecule has 2 saturated carbocycles. The number of carbonyl (C=O) groups excluding carboxylic acids is 1. The number of nitrogens with zero attached hydrogens (tertiary/aromatic N) is 3. The zero-order chi connectivity index (χ0) is 21.5. The summed E-state index contributed by atoms with van der Waals surface area (Å²) in [5, 5.41) is 7.12. The van der Waals surface area contributed by atoms with Gasteiger partial charge in [0.25, 0.3) is 0 Å². The SMILES string of the molecule is CN=C(NCCN1CCN(C(=O)C2CCC2)CC1)NC1CCC(c2ccccc2)CC1. The molecule has 6 nitrogen and oxygen atoms in total. The molecule has 170 valence electrons. The highest BCUT2D eigenvalue weighted by Gasteiger charge is 2.31. The summed E-state index contributed by atoms with van der Waals surface area (Å²) < 4.78 is 0. The van der Waals surface area contributed by atoms with Gasteiger partial charge in [0.1, 0.15) is 0 Å². The number of aliphatic imine (C=N–C) groups is 1. The molecule has 1 aromatic carbocycles. The van der Waals surface area contributed by atoms with E-state index < -0.39 is 0 Å². The normalized spacial score (nSPS) is 25.7. The number of piperazine rings is 1. The molecule has 0 radical (unpaired) electrons. The molecule has 1 heterocycles. The van der Waals surface area contributed by atoms with Gasteiger partial charge in [0.2, 0.25) is 5.91 Å². The minimum Gasteiger partial charge on any atom is -0.355 e.